The molecule has 0 saturated carbocycles. The van der Waals surface area contributed by atoms with Crippen molar-refractivity contribution in [3.05, 3.63) is 59.2 Å². The van der Waals surface area contributed by atoms with Crippen LogP contribution in [0.4, 0.5) is 19.3 Å². The van der Waals surface area contributed by atoms with Crippen molar-refractivity contribution < 1.29 is 18.3 Å². The first-order valence-electron chi connectivity index (χ1n) is 8.36. The number of benzene rings is 2. The normalized spacial score (nSPS) is 11.3. The lowest BCUT2D eigenvalue weighted by Gasteiger charge is -2.24. The average Bonchev–Trinajstić information content (AvgIpc) is 2.54. The molecule has 140 valence electrons. The predicted octanol–water partition coefficient (Wildman–Crippen LogP) is 5.22. The Morgan fingerprint density at radius 2 is 1.81 bits per heavy atom. The Kier molecular flexibility index (Phi) is 6.18. The van der Waals surface area contributed by atoms with E-state index in [0.29, 0.717) is 5.56 Å². The number of nitrogens with one attached hydrogen (secondary N) is 2. The van der Waals surface area contributed by atoms with Crippen LogP contribution >= 0.6 is 0 Å². The lowest BCUT2D eigenvalue weighted by atomic mass is 9.84. The predicted molar refractivity (Wildman–Crippen MR) is 98.8 cm³/mol. The van der Waals surface area contributed by atoms with Gasteiger partial charge in [0, 0.05) is 17.8 Å². The maximum atomic E-state index is 12.5. The Morgan fingerprint density at radius 3 is 2.46 bits per heavy atom. The molecule has 2 amide bonds. The minimum Gasteiger partial charge on any atom is -0.434 e. The summed E-state index contributed by atoms with van der Waals surface area (Å²) in [6.45, 7) is 5.31. The number of amides is 2. The molecule has 0 saturated heterocycles. The van der Waals surface area contributed by atoms with Gasteiger partial charge in [0.1, 0.15) is 5.75 Å². The molecular formula is C20H24F2N2O2. The molecule has 26 heavy (non-hydrogen) atoms. The maximum Gasteiger partial charge on any atom is 0.387 e. The third-order valence-corrected chi connectivity index (χ3v) is 3.95. The third kappa shape index (κ3) is 5.18. The molecule has 2 N–H and O–H groups in total. The fourth-order valence-corrected chi connectivity index (χ4v) is 2.65. The minimum absolute atomic E-state index is 0.0501. The summed E-state index contributed by atoms with van der Waals surface area (Å²) in [5, 5.41) is 5.57. The van der Waals surface area contributed by atoms with E-state index in [1.807, 2.05) is 25.1 Å². The minimum atomic E-state index is -2.91. The monoisotopic (exact) mass is 362 g/mol. The van der Waals surface area contributed by atoms with Crippen molar-refractivity contribution in [2.45, 2.75) is 46.3 Å². The first-order chi connectivity index (χ1) is 12.2. The molecule has 4 nitrogen and oxygen atoms in total. The first-order valence-corrected chi connectivity index (χ1v) is 8.36. The third-order valence-electron chi connectivity index (χ3n) is 3.95. The first kappa shape index (κ1) is 19.7. The smallest absolute Gasteiger partial charge is 0.387 e. The van der Waals surface area contributed by atoms with Gasteiger partial charge in [0.05, 0.1) is 0 Å². The summed E-state index contributed by atoms with van der Waals surface area (Å²) in [6.07, 6.45) is 0. The number of carbonyl (C=O) groups excluding carboxylic acids is 1. The van der Waals surface area contributed by atoms with Crippen molar-refractivity contribution in [1.82, 2.24) is 5.32 Å². The molecule has 2 aromatic rings. The van der Waals surface area contributed by atoms with Crippen LogP contribution in [0.2, 0.25) is 0 Å². The molecule has 0 aromatic heterocycles. The zero-order valence-corrected chi connectivity index (χ0v) is 15.4. The van der Waals surface area contributed by atoms with Gasteiger partial charge in [0.15, 0.2) is 0 Å². The second-order valence-electron chi connectivity index (χ2n) is 7.04. The van der Waals surface area contributed by atoms with Crippen molar-refractivity contribution >= 4 is 11.7 Å². The van der Waals surface area contributed by atoms with Gasteiger partial charge in [-0.05, 0) is 29.5 Å². The number of carbonyl (C=O) groups is 1. The molecule has 2 aromatic carbocycles. The summed E-state index contributed by atoms with van der Waals surface area (Å²) >= 11 is 0. The number of ether oxygens (including phenoxy) is 1. The topological polar surface area (TPSA) is 50.4 Å². The highest BCUT2D eigenvalue weighted by Gasteiger charge is 2.20. The lowest BCUT2D eigenvalue weighted by molar-refractivity contribution is -0.0504. The van der Waals surface area contributed by atoms with Crippen LogP contribution < -0.4 is 15.4 Å². The van der Waals surface area contributed by atoms with Crippen LogP contribution in [0.25, 0.3) is 0 Å². The molecule has 0 aliphatic rings. The highest BCUT2D eigenvalue weighted by molar-refractivity contribution is 5.91. The summed E-state index contributed by atoms with van der Waals surface area (Å²) in [5.41, 5.74) is 3.08. The zero-order valence-electron chi connectivity index (χ0n) is 15.4. The van der Waals surface area contributed by atoms with E-state index in [1.54, 1.807) is 18.2 Å². The van der Waals surface area contributed by atoms with Crippen LogP contribution in [0.1, 0.15) is 37.5 Å². The molecule has 0 aliphatic heterocycles. The molecule has 0 bridgehead atoms. The number of urea groups is 1. The summed E-state index contributed by atoms with van der Waals surface area (Å²) in [7, 11) is 0. The number of rotatable bonds is 5. The number of alkyl halides is 2. The highest BCUT2D eigenvalue weighted by atomic mass is 19.3. The molecule has 6 heteroatoms. The van der Waals surface area contributed by atoms with Crippen LogP contribution in [0.3, 0.4) is 0 Å². The van der Waals surface area contributed by atoms with Crippen LogP contribution in [0, 0.1) is 6.92 Å². The van der Waals surface area contributed by atoms with Gasteiger partial charge in [0.2, 0.25) is 0 Å². The number of aryl methyl sites for hydroxylation is 1. The van der Waals surface area contributed by atoms with Crippen LogP contribution in [-0.4, -0.2) is 12.6 Å². The van der Waals surface area contributed by atoms with Crippen molar-refractivity contribution in [3.63, 3.8) is 0 Å². The Bertz CT molecular complexity index is 771. The van der Waals surface area contributed by atoms with Gasteiger partial charge in [-0.25, -0.2) is 4.79 Å². The second kappa shape index (κ2) is 8.17. The van der Waals surface area contributed by atoms with Gasteiger partial charge >= 0.3 is 12.6 Å². The Morgan fingerprint density at radius 1 is 1.12 bits per heavy atom. The molecule has 2 rings (SSSR count). The highest BCUT2D eigenvalue weighted by Crippen LogP contribution is 2.31. The Hall–Kier alpha value is -2.63. The number of hydrogen-bond donors (Lipinski definition) is 2. The van der Waals surface area contributed by atoms with E-state index in [4.69, 9.17) is 0 Å². The fraction of sp³-hybridized carbons (Fsp3) is 0.350. The van der Waals surface area contributed by atoms with Crippen LogP contribution in [-0.2, 0) is 12.0 Å². The Labute approximate surface area is 152 Å². The number of halogens is 2. The second-order valence-corrected chi connectivity index (χ2v) is 7.04. The summed E-state index contributed by atoms with van der Waals surface area (Å²) in [4.78, 5) is 12.3. The van der Waals surface area contributed by atoms with Gasteiger partial charge in [-0.1, -0.05) is 57.2 Å². The summed E-state index contributed by atoms with van der Waals surface area (Å²) < 4.78 is 29.4. The van der Waals surface area contributed by atoms with Crippen molar-refractivity contribution in [3.8, 4) is 5.75 Å². The van der Waals surface area contributed by atoms with E-state index in [1.165, 1.54) is 6.07 Å². The van der Waals surface area contributed by atoms with E-state index in [2.05, 4.69) is 36.1 Å². The van der Waals surface area contributed by atoms with E-state index in [9.17, 15) is 13.6 Å². The van der Waals surface area contributed by atoms with Crippen molar-refractivity contribution in [2.24, 2.45) is 0 Å². The molecule has 0 heterocycles. The molecule has 0 fully saturated rings. The van der Waals surface area contributed by atoms with Gasteiger partial charge in [-0.15, -0.1) is 0 Å². The number of anilines is 1. The molecule has 0 atom stereocenters. The molecule has 0 radical (unpaired) electrons. The largest absolute Gasteiger partial charge is 0.434 e. The quantitative estimate of drug-likeness (QED) is 0.766. The van der Waals surface area contributed by atoms with E-state index < -0.39 is 12.6 Å². The standard InChI is InChI=1S/C20H24F2N2O2/c1-13-8-7-10-15(20(2,3)4)17(13)24-19(25)23-12-14-9-5-6-11-16(14)26-18(21)22/h5-11,18H,12H2,1-4H3,(H2,23,24,25). The summed E-state index contributed by atoms with van der Waals surface area (Å²) in [5.74, 6) is 0.0501. The van der Waals surface area contributed by atoms with Gasteiger partial charge in [-0.2, -0.15) is 8.78 Å². The molecular weight excluding hydrogens is 338 g/mol. The van der Waals surface area contributed by atoms with Crippen molar-refractivity contribution in [2.75, 3.05) is 5.32 Å². The number of hydrogen-bond acceptors (Lipinski definition) is 2. The van der Waals surface area contributed by atoms with Gasteiger partial charge in [0.25, 0.3) is 0 Å². The fourth-order valence-electron chi connectivity index (χ4n) is 2.65. The molecule has 0 spiro atoms. The number of para-hydroxylation sites is 2. The maximum absolute atomic E-state index is 12.5. The average molecular weight is 362 g/mol. The van der Waals surface area contributed by atoms with Crippen LogP contribution in [0.5, 0.6) is 5.75 Å². The Balaban J connectivity index is 2.10. The van der Waals surface area contributed by atoms with E-state index in [0.717, 1.165) is 16.8 Å². The van der Waals surface area contributed by atoms with E-state index in [-0.39, 0.29) is 17.7 Å². The SMILES string of the molecule is Cc1cccc(C(C)(C)C)c1NC(=O)NCc1ccccc1OC(F)F. The van der Waals surface area contributed by atoms with Crippen molar-refractivity contribution in [1.29, 1.82) is 0 Å². The van der Waals surface area contributed by atoms with Crippen LogP contribution in [0.15, 0.2) is 42.5 Å². The van der Waals surface area contributed by atoms with E-state index >= 15 is 0 Å². The molecule has 0 unspecified atom stereocenters. The zero-order chi connectivity index (χ0) is 19.3. The molecule has 0 aliphatic carbocycles. The van der Waals surface area contributed by atoms with Gasteiger partial charge in [-0.3, -0.25) is 0 Å². The van der Waals surface area contributed by atoms with Gasteiger partial charge < -0.3 is 15.4 Å². The summed E-state index contributed by atoms with van der Waals surface area (Å²) in [6, 6.07) is 11.8. The lowest BCUT2D eigenvalue weighted by Crippen LogP contribution is -2.30.